The molecule has 0 aromatic heterocycles. The van der Waals surface area contributed by atoms with Gasteiger partial charge in [0.05, 0.1) is 5.70 Å². The quantitative estimate of drug-likeness (QED) is 0.455. The lowest BCUT2D eigenvalue weighted by molar-refractivity contribution is 0.615. The van der Waals surface area contributed by atoms with Crippen LogP contribution in [-0.4, -0.2) is 30.9 Å². The third-order valence-electron chi connectivity index (χ3n) is 1.68. The zero-order valence-corrected chi connectivity index (χ0v) is 8.44. The van der Waals surface area contributed by atoms with Gasteiger partial charge >= 0.3 is 0 Å². The average Bonchev–Trinajstić information content (AvgIpc) is 2.56. The molecule has 5 nitrogen and oxygen atoms in total. The normalized spacial score (nSPS) is 17.1. The molecule has 0 aliphatic heterocycles. The highest BCUT2D eigenvalue weighted by Gasteiger charge is 1.98. The van der Waals surface area contributed by atoms with Gasteiger partial charge in [0.2, 0.25) is 5.96 Å². The number of guanidine groups is 2. The standard InChI is InChI=1S/C9H15N5/c1-14(2)9(11)13-8(10)12-7-5-3-4-6-7/h3,5-6H,4H2,1-2H3,(H4,10,11,12,13). The van der Waals surface area contributed by atoms with Crippen molar-refractivity contribution >= 4 is 11.9 Å². The lowest BCUT2D eigenvalue weighted by Crippen LogP contribution is -2.32. The number of hydrogen-bond donors (Lipinski definition) is 2. The molecule has 0 aromatic carbocycles. The highest BCUT2D eigenvalue weighted by atomic mass is 15.2. The predicted octanol–water partition coefficient (Wildman–Crippen LogP) is 0.0212. The molecule has 0 atom stereocenters. The van der Waals surface area contributed by atoms with Gasteiger partial charge in [-0.2, -0.15) is 4.99 Å². The van der Waals surface area contributed by atoms with Crippen LogP contribution in [0.3, 0.4) is 0 Å². The highest BCUT2D eigenvalue weighted by molar-refractivity contribution is 5.93. The third-order valence-corrected chi connectivity index (χ3v) is 1.68. The molecule has 1 aliphatic carbocycles. The summed E-state index contributed by atoms with van der Waals surface area (Å²) in [5.41, 5.74) is 12.0. The van der Waals surface area contributed by atoms with Gasteiger partial charge in [-0.25, -0.2) is 4.99 Å². The van der Waals surface area contributed by atoms with Crippen molar-refractivity contribution < 1.29 is 0 Å². The van der Waals surface area contributed by atoms with E-state index in [0.29, 0.717) is 5.96 Å². The summed E-state index contributed by atoms with van der Waals surface area (Å²) >= 11 is 0. The lowest BCUT2D eigenvalue weighted by atomic mass is 10.5. The summed E-state index contributed by atoms with van der Waals surface area (Å²) in [7, 11) is 3.59. The zero-order chi connectivity index (χ0) is 10.6. The van der Waals surface area contributed by atoms with E-state index in [1.807, 2.05) is 18.2 Å². The summed E-state index contributed by atoms with van der Waals surface area (Å²) < 4.78 is 0. The van der Waals surface area contributed by atoms with Crippen molar-refractivity contribution in [1.82, 2.24) is 4.90 Å². The van der Waals surface area contributed by atoms with Gasteiger partial charge in [-0.3, -0.25) is 0 Å². The van der Waals surface area contributed by atoms with E-state index >= 15 is 0 Å². The van der Waals surface area contributed by atoms with E-state index in [0.717, 1.165) is 12.1 Å². The molecule has 1 rings (SSSR count). The van der Waals surface area contributed by atoms with Crippen LogP contribution in [0.25, 0.3) is 0 Å². The second-order valence-electron chi connectivity index (χ2n) is 3.10. The maximum Gasteiger partial charge on any atom is 0.223 e. The van der Waals surface area contributed by atoms with E-state index in [1.54, 1.807) is 19.0 Å². The summed E-state index contributed by atoms with van der Waals surface area (Å²) in [5, 5.41) is 0. The SMILES string of the molecule is CN(C)C(N)=NC(N)=NC1=CCC=C1. The number of aliphatic imine (C=N–C) groups is 2. The van der Waals surface area contributed by atoms with Gasteiger partial charge in [0.1, 0.15) is 0 Å². The Labute approximate surface area is 83.5 Å². The van der Waals surface area contributed by atoms with E-state index in [2.05, 4.69) is 9.98 Å². The van der Waals surface area contributed by atoms with Crippen LogP contribution in [0.4, 0.5) is 0 Å². The summed E-state index contributed by atoms with van der Waals surface area (Å²) in [6.07, 6.45) is 6.77. The number of nitrogens with two attached hydrogens (primary N) is 2. The van der Waals surface area contributed by atoms with Gasteiger partial charge < -0.3 is 16.4 Å². The van der Waals surface area contributed by atoms with Gasteiger partial charge in [0, 0.05) is 14.1 Å². The molecule has 14 heavy (non-hydrogen) atoms. The first-order valence-corrected chi connectivity index (χ1v) is 4.32. The van der Waals surface area contributed by atoms with Crippen LogP contribution in [0.2, 0.25) is 0 Å². The number of hydrogen-bond acceptors (Lipinski definition) is 1. The van der Waals surface area contributed by atoms with Crippen molar-refractivity contribution in [3.05, 3.63) is 23.9 Å². The number of allylic oxidation sites excluding steroid dienone is 3. The number of nitrogens with zero attached hydrogens (tertiary/aromatic N) is 3. The van der Waals surface area contributed by atoms with Crippen molar-refractivity contribution in [2.24, 2.45) is 21.5 Å². The fourth-order valence-corrected chi connectivity index (χ4v) is 0.903. The molecule has 5 heteroatoms. The molecule has 0 bridgehead atoms. The van der Waals surface area contributed by atoms with Gasteiger partial charge in [0.25, 0.3) is 0 Å². The Morgan fingerprint density at radius 1 is 1.43 bits per heavy atom. The van der Waals surface area contributed by atoms with Crippen LogP contribution in [0.1, 0.15) is 6.42 Å². The second kappa shape index (κ2) is 4.45. The molecule has 0 aromatic rings. The van der Waals surface area contributed by atoms with Crippen LogP contribution in [0, 0.1) is 0 Å². The van der Waals surface area contributed by atoms with Crippen molar-refractivity contribution in [3.8, 4) is 0 Å². The fraction of sp³-hybridized carbons (Fsp3) is 0.333. The highest BCUT2D eigenvalue weighted by Crippen LogP contribution is 2.09. The van der Waals surface area contributed by atoms with Crippen molar-refractivity contribution in [2.75, 3.05) is 14.1 Å². The second-order valence-corrected chi connectivity index (χ2v) is 3.10. The Bertz CT molecular complexity index is 322. The maximum atomic E-state index is 5.57. The van der Waals surface area contributed by atoms with Crippen LogP contribution in [0.15, 0.2) is 33.9 Å². The molecule has 4 N–H and O–H groups in total. The van der Waals surface area contributed by atoms with Crippen LogP contribution in [-0.2, 0) is 0 Å². The van der Waals surface area contributed by atoms with E-state index in [1.165, 1.54) is 0 Å². The molecular weight excluding hydrogens is 178 g/mol. The average molecular weight is 193 g/mol. The molecule has 0 fully saturated rings. The smallest absolute Gasteiger partial charge is 0.223 e. The molecular formula is C9H15N5. The Hall–Kier alpha value is -1.78. The summed E-state index contributed by atoms with van der Waals surface area (Å²) in [6, 6.07) is 0. The van der Waals surface area contributed by atoms with Crippen molar-refractivity contribution in [1.29, 1.82) is 0 Å². The van der Waals surface area contributed by atoms with E-state index in [-0.39, 0.29) is 5.96 Å². The first-order chi connectivity index (χ1) is 6.59. The Balaban J connectivity index is 2.70. The zero-order valence-electron chi connectivity index (χ0n) is 8.44. The van der Waals surface area contributed by atoms with Gasteiger partial charge in [-0.05, 0) is 12.5 Å². The number of rotatable bonds is 1. The monoisotopic (exact) mass is 193 g/mol. The largest absolute Gasteiger partial charge is 0.369 e. The maximum absolute atomic E-state index is 5.57. The molecule has 76 valence electrons. The van der Waals surface area contributed by atoms with Gasteiger partial charge in [0.15, 0.2) is 5.96 Å². The minimum atomic E-state index is 0.175. The van der Waals surface area contributed by atoms with E-state index in [4.69, 9.17) is 11.5 Å². The summed E-state index contributed by atoms with van der Waals surface area (Å²) in [6.45, 7) is 0. The third kappa shape index (κ3) is 2.93. The Morgan fingerprint density at radius 2 is 2.14 bits per heavy atom. The first-order valence-electron chi connectivity index (χ1n) is 4.32. The molecule has 0 saturated heterocycles. The van der Waals surface area contributed by atoms with E-state index < -0.39 is 0 Å². The lowest BCUT2D eigenvalue weighted by Gasteiger charge is -2.09. The van der Waals surface area contributed by atoms with Gasteiger partial charge in [-0.15, -0.1) is 0 Å². The van der Waals surface area contributed by atoms with Crippen LogP contribution in [0.5, 0.6) is 0 Å². The van der Waals surface area contributed by atoms with Gasteiger partial charge in [-0.1, -0.05) is 12.2 Å². The molecule has 0 spiro atoms. The molecule has 0 radical (unpaired) electrons. The summed E-state index contributed by atoms with van der Waals surface area (Å²) in [4.78, 5) is 9.65. The summed E-state index contributed by atoms with van der Waals surface area (Å²) in [5.74, 6) is 0.517. The minimum absolute atomic E-state index is 0.175. The molecule has 0 amide bonds. The first kappa shape index (κ1) is 10.3. The molecule has 0 unspecified atom stereocenters. The Morgan fingerprint density at radius 3 is 2.64 bits per heavy atom. The molecule has 1 aliphatic rings. The topological polar surface area (TPSA) is 80.0 Å². The minimum Gasteiger partial charge on any atom is -0.369 e. The molecule has 0 saturated carbocycles. The molecule has 0 heterocycles. The van der Waals surface area contributed by atoms with Crippen LogP contribution < -0.4 is 11.5 Å². The fourth-order valence-electron chi connectivity index (χ4n) is 0.903. The van der Waals surface area contributed by atoms with Crippen molar-refractivity contribution in [3.63, 3.8) is 0 Å². The van der Waals surface area contributed by atoms with E-state index in [9.17, 15) is 0 Å². The van der Waals surface area contributed by atoms with Crippen molar-refractivity contribution in [2.45, 2.75) is 6.42 Å². The Kier molecular flexibility index (Phi) is 3.28. The van der Waals surface area contributed by atoms with Crippen LogP contribution >= 0.6 is 0 Å². The predicted molar refractivity (Wildman–Crippen MR) is 58.8 cm³/mol.